The molecular weight excluding hydrogens is 348 g/mol. The Balaban J connectivity index is 1.71. The monoisotopic (exact) mass is 362 g/mol. The largest absolute Gasteiger partial charge is 0.380 e. The molecule has 1 aliphatic heterocycles. The number of amidine groups is 2. The summed E-state index contributed by atoms with van der Waals surface area (Å²) in [7, 11) is -3.80. The van der Waals surface area contributed by atoms with Gasteiger partial charge in [0.1, 0.15) is 0 Å². The average molecular weight is 362 g/mol. The molecule has 0 amide bonds. The van der Waals surface area contributed by atoms with E-state index in [9.17, 15) is 8.42 Å². The van der Waals surface area contributed by atoms with Crippen molar-refractivity contribution in [2.24, 2.45) is 31.0 Å². The lowest BCUT2D eigenvalue weighted by Crippen LogP contribution is -2.35. The lowest BCUT2D eigenvalue weighted by molar-refractivity contribution is 0.600. The van der Waals surface area contributed by atoms with Crippen LogP contribution >= 0.6 is 23.1 Å². The standard InChI is InChI=1S/C9H14N8O2S3/c10-6-7(17-22(18,19)16-6)13-1-2-20-3-5-4-21-9(14-5)15-8(11)12/h4H,1-3H2,(H2,10,16)(H,13,17)(H4,11,12,14,15). The van der Waals surface area contributed by atoms with Gasteiger partial charge in [0.05, 0.1) is 5.69 Å². The second-order valence-electron chi connectivity index (χ2n) is 4.00. The SMILES string of the molecule is NC(N)=Nc1nc(CSCCNC2=NS(=O)(=O)N=C2N)cs1. The molecule has 2 heterocycles. The summed E-state index contributed by atoms with van der Waals surface area (Å²) in [6.45, 7) is 0.500. The van der Waals surface area contributed by atoms with Crippen LogP contribution in [0.5, 0.6) is 0 Å². The number of hydrogen-bond acceptors (Lipinski definition) is 8. The van der Waals surface area contributed by atoms with Crippen LogP contribution in [0.1, 0.15) is 5.69 Å². The summed E-state index contributed by atoms with van der Waals surface area (Å²) in [6.07, 6.45) is 0. The Morgan fingerprint density at radius 3 is 2.82 bits per heavy atom. The van der Waals surface area contributed by atoms with E-state index < -0.39 is 10.2 Å². The van der Waals surface area contributed by atoms with Crippen molar-refractivity contribution in [1.29, 1.82) is 0 Å². The summed E-state index contributed by atoms with van der Waals surface area (Å²) in [6, 6.07) is 0. The Hall–Kier alpha value is -1.86. The molecule has 0 spiro atoms. The third-order valence-electron chi connectivity index (χ3n) is 2.22. The fourth-order valence-corrected chi connectivity index (χ4v) is 3.74. The minimum absolute atomic E-state index is 0.0238. The Morgan fingerprint density at radius 2 is 2.18 bits per heavy atom. The number of hydrogen-bond donors (Lipinski definition) is 4. The number of nitrogens with two attached hydrogens (primary N) is 3. The maximum Gasteiger partial charge on any atom is 0.367 e. The van der Waals surface area contributed by atoms with E-state index in [1.807, 2.05) is 5.38 Å². The van der Waals surface area contributed by atoms with Crippen LogP contribution in [0.15, 0.2) is 19.2 Å². The molecule has 0 fully saturated rings. The lowest BCUT2D eigenvalue weighted by Gasteiger charge is -2.03. The molecule has 1 aromatic rings. The van der Waals surface area contributed by atoms with E-state index in [1.54, 1.807) is 11.8 Å². The molecular formula is C9H14N8O2S3. The molecule has 0 saturated heterocycles. The number of thioether (sulfide) groups is 1. The van der Waals surface area contributed by atoms with Gasteiger partial charge in [-0.2, -0.15) is 25.2 Å². The highest BCUT2D eigenvalue weighted by molar-refractivity contribution is 7.98. The van der Waals surface area contributed by atoms with Crippen LogP contribution in [-0.4, -0.2) is 43.3 Å². The van der Waals surface area contributed by atoms with E-state index in [0.717, 1.165) is 5.69 Å². The number of nitrogens with zero attached hydrogens (tertiary/aromatic N) is 4. The van der Waals surface area contributed by atoms with Gasteiger partial charge in [0.25, 0.3) is 0 Å². The Kier molecular flexibility index (Phi) is 5.20. The van der Waals surface area contributed by atoms with Gasteiger partial charge in [-0.1, -0.05) is 0 Å². The van der Waals surface area contributed by atoms with Crippen molar-refractivity contribution >= 4 is 56.1 Å². The molecule has 0 bridgehead atoms. The van der Waals surface area contributed by atoms with Gasteiger partial charge < -0.3 is 22.5 Å². The minimum atomic E-state index is -3.80. The minimum Gasteiger partial charge on any atom is -0.380 e. The van der Waals surface area contributed by atoms with Crippen LogP contribution in [0, 0.1) is 0 Å². The summed E-state index contributed by atoms with van der Waals surface area (Å²) >= 11 is 2.97. The molecule has 2 rings (SSSR count). The van der Waals surface area contributed by atoms with Crippen molar-refractivity contribution < 1.29 is 8.42 Å². The van der Waals surface area contributed by atoms with Gasteiger partial charge in [-0.05, 0) is 0 Å². The first-order valence-corrected chi connectivity index (χ1v) is 9.35. The summed E-state index contributed by atoms with van der Waals surface area (Å²) in [5.74, 6) is 1.34. The Morgan fingerprint density at radius 1 is 1.41 bits per heavy atom. The molecule has 13 heteroatoms. The molecule has 0 unspecified atom stereocenters. The predicted octanol–water partition coefficient (Wildman–Crippen LogP) is -1.12. The second kappa shape index (κ2) is 6.93. The molecule has 1 aliphatic rings. The zero-order valence-corrected chi connectivity index (χ0v) is 13.7. The fourth-order valence-electron chi connectivity index (χ4n) is 1.42. The summed E-state index contributed by atoms with van der Waals surface area (Å²) < 4.78 is 28.7. The van der Waals surface area contributed by atoms with E-state index in [2.05, 4.69) is 24.1 Å². The van der Waals surface area contributed by atoms with Crippen LogP contribution in [0.4, 0.5) is 5.13 Å². The normalized spacial score (nSPS) is 16.0. The first-order valence-electron chi connectivity index (χ1n) is 5.92. The highest BCUT2D eigenvalue weighted by Crippen LogP contribution is 2.21. The van der Waals surface area contributed by atoms with E-state index >= 15 is 0 Å². The van der Waals surface area contributed by atoms with Crippen molar-refractivity contribution in [3.8, 4) is 0 Å². The first-order chi connectivity index (χ1) is 10.4. The molecule has 7 N–H and O–H groups in total. The summed E-state index contributed by atoms with van der Waals surface area (Å²) in [4.78, 5) is 8.10. The van der Waals surface area contributed by atoms with Gasteiger partial charge in [-0.3, -0.25) is 0 Å². The number of thiazole rings is 1. The van der Waals surface area contributed by atoms with Gasteiger partial charge >= 0.3 is 10.2 Å². The third kappa shape index (κ3) is 4.85. The molecule has 0 aliphatic carbocycles. The highest BCUT2D eigenvalue weighted by Gasteiger charge is 2.20. The summed E-state index contributed by atoms with van der Waals surface area (Å²) in [5.41, 5.74) is 16.8. The van der Waals surface area contributed by atoms with Crippen molar-refractivity contribution in [2.75, 3.05) is 12.3 Å². The van der Waals surface area contributed by atoms with Gasteiger partial charge in [-0.25, -0.2) is 4.98 Å². The maximum absolute atomic E-state index is 11.1. The number of rotatable bonds is 6. The number of nitrogens with one attached hydrogen (secondary N) is 1. The zero-order chi connectivity index (χ0) is 16.2. The van der Waals surface area contributed by atoms with Crippen LogP contribution < -0.4 is 22.5 Å². The number of aliphatic imine (C=N–C) groups is 1. The Labute approximate surface area is 135 Å². The zero-order valence-electron chi connectivity index (χ0n) is 11.3. The molecule has 10 nitrogen and oxygen atoms in total. The van der Waals surface area contributed by atoms with E-state index in [1.165, 1.54) is 11.3 Å². The lowest BCUT2D eigenvalue weighted by atomic mass is 10.5. The quantitative estimate of drug-likeness (QED) is 0.280. The molecule has 1 aromatic heterocycles. The number of aromatic nitrogens is 1. The first kappa shape index (κ1) is 16.5. The molecule has 0 aromatic carbocycles. The van der Waals surface area contributed by atoms with Gasteiger partial charge in [0.2, 0.25) is 5.13 Å². The Bertz CT molecular complexity index is 732. The van der Waals surface area contributed by atoms with Crippen molar-refractivity contribution in [3.05, 3.63) is 11.1 Å². The van der Waals surface area contributed by atoms with Crippen LogP contribution in [0.25, 0.3) is 0 Å². The van der Waals surface area contributed by atoms with E-state index in [4.69, 9.17) is 17.2 Å². The smallest absolute Gasteiger partial charge is 0.367 e. The third-order valence-corrected chi connectivity index (χ3v) is 4.83. The molecule has 0 saturated carbocycles. The predicted molar refractivity (Wildman–Crippen MR) is 89.7 cm³/mol. The molecule has 0 radical (unpaired) electrons. The van der Waals surface area contributed by atoms with Crippen molar-refractivity contribution in [3.63, 3.8) is 0 Å². The fraction of sp³-hybridized carbons (Fsp3) is 0.333. The second-order valence-corrected chi connectivity index (χ2v) is 7.20. The van der Waals surface area contributed by atoms with Crippen molar-refractivity contribution in [2.45, 2.75) is 5.75 Å². The van der Waals surface area contributed by atoms with Crippen LogP contribution in [0.2, 0.25) is 0 Å². The topological polar surface area (TPSA) is 174 Å². The van der Waals surface area contributed by atoms with Crippen LogP contribution in [0.3, 0.4) is 0 Å². The number of guanidine groups is 1. The van der Waals surface area contributed by atoms with Gasteiger partial charge in [-0.15, -0.1) is 20.1 Å². The molecule has 120 valence electrons. The maximum atomic E-state index is 11.1. The van der Waals surface area contributed by atoms with Crippen molar-refractivity contribution in [1.82, 2.24) is 10.3 Å². The summed E-state index contributed by atoms with van der Waals surface area (Å²) in [5, 5.41) is 5.22. The molecule has 22 heavy (non-hydrogen) atoms. The average Bonchev–Trinajstić information content (AvgIpc) is 2.92. The van der Waals surface area contributed by atoms with Gasteiger partial charge in [0, 0.05) is 23.4 Å². The van der Waals surface area contributed by atoms with E-state index in [-0.39, 0.29) is 17.6 Å². The van der Waals surface area contributed by atoms with E-state index in [0.29, 0.717) is 23.2 Å². The van der Waals surface area contributed by atoms with Crippen LogP contribution in [-0.2, 0) is 16.0 Å². The molecule has 0 atom stereocenters. The highest BCUT2D eigenvalue weighted by atomic mass is 32.2. The van der Waals surface area contributed by atoms with Gasteiger partial charge in [0.15, 0.2) is 17.6 Å².